The number of nitrogens with zero attached hydrogens (tertiary/aromatic N) is 1. The highest BCUT2D eigenvalue weighted by Crippen LogP contribution is 2.25. The molecule has 0 bridgehead atoms. The summed E-state index contributed by atoms with van der Waals surface area (Å²) in [6.45, 7) is -1.75. The number of pyridine rings is 1. The van der Waals surface area contributed by atoms with E-state index in [2.05, 4.69) is 4.98 Å². The lowest BCUT2D eigenvalue weighted by Gasteiger charge is -2.16. The quantitative estimate of drug-likeness (QED) is 0.366. The molecule has 0 saturated heterocycles. The molecule has 1 heterocycles. The van der Waals surface area contributed by atoms with E-state index in [0.29, 0.717) is 22.4 Å². The van der Waals surface area contributed by atoms with Crippen molar-refractivity contribution in [1.82, 2.24) is 4.98 Å². The van der Waals surface area contributed by atoms with Crippen LogP contribution < -0.4 is 4.74 Å². The molecule has 27 heavy (non-hydrogen) atoms. The molecule has 0 radical (unpaired) electrons. The third kappa shape index (κ3) is 5.89. The van der Waals surface area contributed by atoms with Gasteiger partial charge in [-0.3, -0.25) is 9.78 Å². The fourth-order valence-electron chi connectivity index (χ4n) is 2.15. The number of ether oxygens (including phenoxy) is 2. The zero-order valence-electron chi connectivity index (χ0n) is 14.4. The average Bonchev–Trinajstić information content (AvgIpc) is 2.66. The zero-order chi connectivity index (χ0) is 19.9. The van der Waals surface area contributed by atoms with Gasteiger partial charge in [-0.2, -0.15) is 8.78 Å². The molecule has 0 saturated carbocycles. The third-order valence-corrected chi connectivity index (χ3v) is 3.55. The highest BCUT2D eigenvalue weighted by molar-refractivity contribution is 6.06. The summed E-state index contributed by atoms with van der Waals surface area (Å²) >= 11 is 0. The standard InChI is InChI=1S/C19H17F4NO3/c1-26-17-7-5-13(4-6-16(25)14-3-2-8-24-10-14)9-15(17)11-27-12-19(22,23)18(20)21/h2-10,18H,11-12H2,1H3/b6-4+. The Morgan fingerprint density at radius 1 is 1.30 bits per heavy atom. The Bertz CT molecular complexity index is 795. The number of aromatic nitrogens is 1. The summed E-state index contributed by atoms with van der Waals surface area (Å²) in [5.41, 5.74) is 1.39. The number of allylic oxidation sites excluding steroid dienone is 1. The molecule has 0 amide bonds. The van der Waals surface area contributed by atoms with Crippen LogP contribution in [0.2, 0.25) is 0 Å². The fourth-order valence-corrected chi connectivity index (χ4v) is 2.15. The van der Waals surface area contributed by atoms with Crippen LogP contribution in [-0.4, -0.2) is 36.8 Å². The first-order chi connectivity index (χ1) is 12.8. The van der Waals surface area contributed by atoms with Gasteiger partial charge in [0.05, 0.1) is 13.7 Å². The fraction of sp³-hybridized carbons (Fsp3) is 0.263. The summed E-state index contributed by atoms with van der Waals surface area (Å²) in [6, 6.07) is 8.04. The van der Waals surface area contributed by atoms with Crippen molar-refractivity contribution in [1.29, 1.82) is 0 Å². The Kier molecular flexibility index (Phi) is 7.06. The maximum Gasteiger partial charge on any atom is 0.330 e. The SMILES string of the molecule is COc1ccc(/C=C/C(=O)c2cccnc2)cc1COCC(F)(F)C(F)F. The minimum atomic E-state index is -4.22. The van der Waals surface area contributed by atoms with Crippen LogP contribution in [0.25, 0.3) is 6.08 Å². The Hall–Kier alpha value is -2.74. The van der Waals surface area contributed by atoms with Gasteiger partial charge in [-0.25, -0.2) is 8.78 Å². The van der Waals surface area contributed by atoms with Crippen LogP contribution in [0.5, 0.6) is 5.75 Å². The Morgan fingerprint density at radius 2 is 2.07 bits per heavy atom. The van der Waals surface area contributed by atoms with Gasteiger partial charge in [-0.15, -0.1) is 0 Å². The second kappa shape index (κ2) is 9.27. The second-order valence-corrected chi connectivity index (χ2v) is 5.57. The predicted octanol–water partition coefficient (Wildman–Crippen LogP) is 4.40. The first-order valence-corrected chi connectivity index (χ1v) is 7.86. The highest BCUT2D eigenvalue weighted by atomic mass is 19.3. The third-order valence-electron chi connectivity index (χ3n) is 3.55. The molecule has 4 nitrogen and oxygen atoms in total. The van der Waals surface area contributed by atoms with Crippen molar-refractivity contribution in [2.75, 3.05) is 13.7 Å². The van der Waals surface area contributed by atoms with E-state index in [4.69, 9.17) is 9.47 Å². The van der Waals surface area contributed by atoms with Crippen LogP contribution in [-0.2, 0) is 11.3 Å². The van der Waals surface area contributed by atoms with Crippen molar-refractivity contribution >= 4 is 11.9 Å². The van der Waals surface area contributed by atoms with Crippen LogP contribution in [0.4, 0.5) is 17.6 Å². The molecule has 1 aromatic heterocycles. The molecule has 0 aliphatic heterocycles. The van der Waals surface area contributed by atoms with Crippen molar-refractivity contribution in [3.63, 3.8) is 0 Å². The molecule has 2 rings (SSSR count). The van der Waals surface area contributed by atoms with Crippen molar-refractivity contribution in [2.45, 2.75) is 19.0 Å². The van der Waals surface area contributed by atoms with Crippen LogP contribution in [0.15, 0.2) is 48.8 Å². The van der Waals surface area contributed by atoms with Crippen LogP contribution in [0.1, 0.15) is 21.5 Å². The normalized spacial score (nSPS) is 11.9. The van der Waals surface area contributed by atoms with Gasteiger partial charge in [0, 0.05) is 23.5 Å². The minimum absolute atomic E-state index is 0.256. The number of halogens is 4. The number of hydrogen-bond donors (Lipinski definition) is 0. The second-order valence-electron chi connectivity index (χ2n) is 5.57. The van der Waals surface area contributed by atoms with Gasteiger partial charge < -0.3 is 9.47 Å². The van der Waals surface area contributed by atoms with E-state index < -0.39 is 19.0 Å². The molecule has 0 unspecified atom stereocenters. The summed E-state index contributed by atoms with van der Waals surface area (Å²) in [5, 5.41) is 0. The van der Waals surface area contributed by atoms with E-state index in [-0.39, 0.29) is 12.4 Å². The Morgan fingerprint density at radius 3 is 2.70 bits per heavy atom. The molecular formula is C19H17F4NO3. The van der Waals surface area contributed by atoms with Crippen molar-refractivity contribution in [3.8, 4) is 5.75 Å². The van der Waals surface area contributed by atoms with Gasteiger partial charge in [-0.1, -0.05) is 12.1 Å². The van der Waals surface area contributed by atoms with Crippen molar-refractivity contribution in [2.24, 2.45) is 0 Å². The molecule has 8 heteroatoms. The monoisotopic (exact) mass is 383 g/mol. The van der Waals surface area contributed by atoms with Gasteiger partial charge in [0.15, 0.2) is 5.78 Å². The maximum absolute atomic E-state index is 12.9. The van der Waals surface area contributed by atoms with Crippen molar-refractivity contribution in [3.05, 3.63) is 65.5 Å². The zero-order valence-corrected chi connectivity index (χ0v) is 14.4. The van der Waals surface area contributed by atoms with Gasteiger partial charge in [-0.05, 0) is 35.9 Å². The first kappa shape index (κ1) is 20.6. The number of methoxy groups -OCH3 is 1. The molecule has 2 aromatic rings. The first-order valence-electron chi connectivity index (χ1n) is 7.86. The molecule has 0 spiro atoms. The Labute approximate surface area is 153 Å². The summed E-state index contributed by atoms with van der Waals surface area (Å²) in [7, 11) is 1.38. The molecule has 144 valence electrons. The molecular weight excluding hydrogens is 366 g/mol. The van der Waals surface area contributed by atoms with E-state index in [9.17, 15) is 22.4 Å². The Balaban J connectivity index is 2.08. The lowest BCUT2D eigenvalue weighted by Crippen LogP contribution is -2.32. The van der Waals surface area contributed by atoms with E-state index in [0.717, 1.165) is 0 Å². The average molecular weight is 383 g/mol. The largest absolute Gasteiger partial charge is 0.496 e. The van der Waals surface area contributed by atoms with Gasteiger partial charge in [0.25, 0.3) is 0 Å². The molecule has 1 aromatic carbocycles. The molecule has 0 N–H and O–H groups in total. The maximum atomic E-state index is 12.9. The van der Waals surface area contributed by atoms with E-state index >= 15 is 0 Å². The molecule has 0 aliphatic rings. The van der Waals surface area contributed by atoms with Crippen LogP contribution >= 0.6 is 0 Å². The number of alkyl halides is 4. The molecule has 0 aliphatic carbocycles. The number of benzene rings is 1. The number of hydrogen-bond acceptors (Lipinski definition) is 4. The van der Waals surface area contributed by atoms with Gasteiger partial charge in [0.2, 0.25) is 0 Å². The number of carbonyl (C=O) groups is 1. The van der Waals surface area contributed by atoms with Crippen molar-refractivity contribution < 1.29 is 31.8 Å². The summed E-state index contributed by atoms with van der Waals surface area (Å²) < 4.78 is 60.0. The van der Waals surface area contributed by atoms with Gasteiger partial charge in [0.1, 0.15) is 12.4 Å². The lowest BCUT2D eigenvalue weighted by molar-refractivity contribution is -0.168. The van der Waals surface area contributed by atoms with E-state index in [1.54, 1.807) is 36.5 Å². The topological polar surface area (TPSA) is 48.4 Å². The number of carbonyl (C=O) groups excluding carboxylic acids is 1. The molecule has 0 atom stereocenters. The smallest absolute Gasteiger partial charge is 0.330 e. The summed E-state index contributed by atoms with van der Waals surface area (Å²) in [5.74, 6) is -4.12. The highest BCUT2D eigenvalue weighted by Gasteiger charge is 2.40. The summed E-state index contributed by atoms with van der Waals surface area (Å²) in [4.78, 5) is 15.9. The predicted molar refractivity (Wildman–Crippen MR) is 91.2 cm³/mol. The van der Waals surface area contributed by atoms with Crippen LogP contribution in [0, 0.1) is 0 Å². The number of ketones is 1. The minimum Gasteiger partial charge on any atom is -0.496 e. The van der Waals surface area contributed by atoms with Crippen LogP contribution in [0.3, 0.4) is 0 Å². The van der Waals surface area contributed by atoms with E-state index in [1.165, 1.54) is 25.5 Å². The lowest BCUT2D eigenvalue weighted by atomic mass is 10.1. The van der Waals surface area contributed by atoms with Gasteiger partial charge >= 0.3 is 12.3 Å². The number of rotatable bonds is 9. The van der Waals surface area contributed by atoms with E-state index in [1.807, 2.05) is 0 Å². The molecule has 0 fully saturated rings. The summed E-state index contributed by atoms with van der Waals surface area (Å²) in [6.07, 6.45) is 2.06.